The molecular weight excluding hydrogens is 366 g/mol. The average Bonchev–Trinajstić information content (AvgIpc) is 3.18. The fourth-order valence-electron chi connectivity index (χ4n) is 4.61. The van der Waals surface area contributed by atoms with Crippen LogP contribution in [0.1, 0.15) is 38.7 Å². The molecule has 0 radical (unpaired) electrons. The van der Waals surface area contributed by atoms with Crippen molar-refractivity contribution >= 4 is 6.03 Å². The van der Waals surface area contributed by atoms with Crippen LogP contribution in [0.3, 0.4) is 0 Å². The molecule has 2 heterocycles. The van der Waals surface area contributed by atoms with E-state index in [4.69, 9.17) is 4.74 Å². The first-order chi connectivity index (χ1) is 14.0. The smallest absolute Gasteiger partial charge is 0.320 e. The van der Waals surface area contributed by atoms with Crippen molar-refractivity contribution in [3.05, 3.63) is 29.8 Å². The number of piperidine rings is 1. The number of rotatable bonds is 7. The van der Waals surface area contributed by atoms with Crippen LogP contribution >= 0.6 is 0 Å². The first-order valence-corrected chi connectivity index (χ1v) is 11.1. The highest BCUT2D eigenvalue weighted by Crippen LogP contribution is 2.23. The molecule has 2 fully saturated rings. The molecule has 0 spiro atoms. The Morgan fingerprint density at radius 2 is 1.83 bits per heavy atom. The molecular formula is C23H37N3O3. The van der Waals surface area contributed by atoms with Crippen molar-refractivity contribution in [2.45, 2.75) is 51.7 Å². The van der Waals surface area contributed by atoms with E-state index < -0.39 is 0 Å². The summed E-state index contributed by atoms with van der Waals surface area (Å²) in [7, 11) is 1.70. The lowest BCUT2D eigenvalue weighted by Gasteiger charge is -2.38. The summed E-state index contributed by atoms with van der Waals surface area (Å²) in [6, 6.07) is 8.97. The molecule has 3 rings (SSSR count). The maximum Gasteiger partial charge on any atom is 0.320 e. The fourth-order valence-corrected chi connectivity index (χ4v) is 4.61. The lowest BCUT2D eigenvalue weighted by atomic mass is 9.95. The summed E-state index contributed by atoms with van der Waals surface area (Å²) in [5.74, 6) is 1.54. The Morgan fingerprint density at radius 1 is 1.17 bits per heavy atom. The molecule has 2 aliphatic rings. The van der Waals surface area contributed by atoms with Crippen molar-refractivity contribution < 1.29 is 14.6 Å². The number of likely N-dealkylation sites (N-methyl/N-ethyl adjacent to an activating group) is 1. The Kier molecular flexibility index (Phi) is 7.78. The van der Waals surface area contributed by atoms with Crippen molar-refractivity contribution in [3.8, 4) is 5.75 Å². The van der Waals surface area contributed by atoms with Gasteiger partial charge in [0.05, 0.1) is 13.2 Å². The number of hydrogen-bond acceptors (Lipinski definition) is 4. The second kappa shape index (κ2) is 10.3. The third kappa shape index (κ3) is 5.86. The molecule has 2 saturated heterocycles. The fraction of sp³-hybridized carbons (Fsp3) is 0.696. The first kappa shape index (κ1) is 21.9. The number of amides is 2. The van der Waals surface area contributed by atoms with Crippen molar-refractivity contribution in [2.24, 2.45) is 5.92 Å². The van der Waals surface area contributed by atoms with Gasteiger partial charge in [0.1, 0.15) is 5.75 Å². The number of carbonyl (C=O) groups excluding carboxylic acids is 1. The van der Waals surface area contributed by atoms with Crippen LogP contribution in [0.4, 0.5) is 4.79 Å². The largest absolute Gasteiger partial charge is 0.497 e. The van der Waals surface area contributed by atoms with E-state index in [0.29, 0.717) is 31.5 Å². The van der Waals surface area contributed by atoms with Gasteiger partial charge in [0.15, 0.2) is 0 Å². The summed E-state index contributed by atoms with van der Waals surface area (Å²) in [5, 5.41) is 9.67. The quantitative estimate of drug-likeness (QED) is 0.761. The zero-order chi connectivity index (χ0) is 20.8. The summed E-state index contributed by atoms with van der Waals surface area (Å²) >= 11 is 0. The summed E-state index contributed by atoms with van der Waals surface area (Å²) in [6.07, 6.45) is 3.52. The molecule has 2 aliphatic heterocycles. The summed E-state index contributed by atoms with van der Waals surface area (Å²) in [5.41, 5.74) is 1.34. The number of benzene rings is 1. The van der Waals surface area contributed by atoms with Gasteiger partial charge in [0, 0.05) is 38.8 Å². The molecule has 2 atom stereocenters. The number of β-amino-alcohol motifs (C(OH)–C–C–N with tert-alkyl or cyclic N) is 1. The molecule has 6 heteroatoms. The van der Waals surface area contributed by atoms with E-state index in [1.54, 1.807) is 12.0 Å². The second-order valence-corrected chi connectivity index (χ2v) is 8.59. The minimum atomic E-state index is -0.346. The number of urea groups is 1. The Labute approximate surface area is 175 Å². The summed E-state index contributed by atoms with van der Waals surface area (Å²) in [6.45, 7) is 9.53. The molecule has 2 amide bonds. The molecule has 1 aromatic rings. The van der Waals surface area contributed by atoms with Gasteiger partial charge >= 0.3 is 6.03 Å². The van der Waals surface area contributed by atoms with Gasteiger partial charge in [-0.15, -0.1) is 0 Å². The van der Waals surface area contributed by atoms with Gasteiger partial charge in [0.25, 0.3) is 0 Å². The highest BCUT2D eigenvalue weighted by atomic mass is 16.5. The van der Waals surface area contributed by atoms with Crippen molar-refractivity contribution in [1.29, 1.82) is 0 Å². The van der Waals surface area contributed by atoms with Crippen molar-refractivity contribution in [2.75, 3.05) is 46.4 Å². The Bertz CT molecular complexity index is 643. The maximum atomic E-state index is 12.6. The molecule has 0 saturated carbocycles. The molecule has 1 N–H and O–H groups in total. The van der Waals surface area contributed by atoms with E-state index in [-0.39, 0.29) is 12.1 Å². The SMILES string of the molecule is CCN(CC1CCN(C(=O)N2CC[C@H](O)C2)CC1)C(C)Cc1ccc(OC)cc1. The van der Waals surface area contributed by atoms with Crippen LogP contribution in [0.2, 0.25) is 0 Å². The van der Waals surface area contributed by atoms with Gasteiger partial charge in [-0.3, -0.25) is 0 Å². The molecule has 29 heavy (non-hydrogen) atoms. The Morgan fingerprint density at radius 3 is 2.38 bits per heavy atom. The third-order valence-electron chi connectivity index (χ3n) is 6.53. The van der Waals surface area contributed by atoms with Crippen LogP contribution in [-0.2, 0) is 6.42 Å². The van der Waals surface area contributed by atoms with E-state index in [1.165, 1.54) is 5.56 Å². The molecule has 6 nitrogen and oxygen atoms in total. The minimum absolute atomic E-state index is 0.111. The highest BCUT2D eigenvalue weighted by Gasteiger charge is 2.31. The molecule has 1 aromatic carbocycles. The second-order valence-electron chi connectivity index (χ2n) is 8.59. The topological polar surface area (TPSA) is 56.2 Å². The van der Waals surface area contributed by atoms with Gasteiger partial charge in [0.2, 0.25) is 0 Å². The number of aliphatic hydroxyl groups is 1. The Balaban J connectivity index is 1.45. The van der Waals surface area contributed by atoms with Crippen LogP contribution in [0.5, 0.6) is 5.75 Å². The number of aliphatic hydroxyl groups excluding tert-OH is 1. The number of ether oxygens (including phenoxy) is 1. The number of hydrogen-bond donors (Lipinski definition) is 1. The molecule has 1 unspecified atom stereocenters. The van der Waals surface area contributed by atoms with Crippen molar-refractivity contribution in [3.63, 3.8) is 0 Å². The van der Waals surface area contributed by atoms with E-state index in [9.17, 15) is 9.90 Å². The standard InChI is InChI=1S/C23H37N3O3/c1-4-24(18(2)15-19-5-7-22(29-3)8-6-19)16-20-9-12-25(13-10-20)23(28)26-14-11-21(27)17-26/h5-8,18,20-21,27H,4,9-17H2,1-3H3/t18?,21-/m0/s1. The molecule has 0 aliphatic carbocycles. The maximum absolute atomic E-state index is 12.6. The number of likely N-dealkylation sites (tertiary alicyclic amines) is 2. The number of carbonyl (C=O) groups is 1. The summed E-state index contributed by atoms with van der Waals surface area (Å²) in [4.78, 5) is 19.0. The number of methoxy groups -OCH3 is 1. The van der Waals surface area contributed by atoms with Gasteiger partial charge in [-0.05, 0) is 62.8 Å². The first-order valence-electron chi connectivity index (χ1n) is 11.1. The van der Waals surface area contributed by atoms with E-state index in [2.05, 4.69) is 30.9 Å². The van der Waals surface area contributed by atoms with Gasteiger partial charge in [-0.2, -0.15) is 0 Å². The van der Waals surface area contributed by atoms with Gasteiger partial charge in [-0.1, -0.05) is 19.1 Å². The lowest BCUT2D eigenvalue weighted by molar-refractivity contribution is 0.112. The van der Waals surface area contributed by atoms with Crippen LogP contribution < -0.4 is 4.74 Å². The third-order valence-corrected chi connectivity index (χ3v) is 6.53. The molecule has 162 valence electrons. The van der Waals surface area contributed by atoms with Gasteiger partial charge < -0.3 is 24.5 Å². The average molecular weight is 404 g/mol. The lowest BCUT2D eigenvalue weighted by Crippen LogP contribution is -2.48. The Hall–Kier alpha value is -1.79. The van der Waals surface area contributed by atoms with Crippen LogP contribution in [0, 0.1) is 5.92 Å². The predicted molar refractivity (Wildman–Crippen MR) is 115 cm³/mol. The zero-order valence-electron chi connectivity index (χ0n) is 18.2. The van der Waals surface area contributed by atoms with Crippen LogP contribution in [0.15, 0.2) is 24.3 Å². The molecule has 0 bridgehead atoms. The van der Waals surface area contributed by atoms with E-state index in [1.807, 2.05) is 17.0 Å². The normalized spacial score (nSPS) is 21.6. The van der Waals surface area contributed by atoms with Gasteiger partial charge in [-0.25, -0.2) is 4.79 Å². The predicted octanol–water partition coefficient (Wildman–Crippen LogP) is 2.85. The summed E-state index contributed by atoms with van der Waals surface area (Å²) < 4.78 is 5.25. The monoisotopic (exact) mass is 403 g/mol. The van der Waals surface area contributed by atoms with Crippen LogP contribution in [0.25, 0.3) is 0 Å². The minimum Gasteiger partial charge on any atom is -0.497 e. The van der Waals surface area contributed by atoms with Crippen molar-refractivity contribution in [1.82, 2.24) is 14.7 Å². The number of nitrogens with zero attached hydrogens (tertiary/aromatic N) is 3. The van der Waals surface area contributed by atoms with E-state index in [0.717, 1.165) is 51.2 Å². The van der Waals surface area contributed by atoms with Crippen LogP contribution in [-0.4, -0.2) is 84.4 Å². The highest BCUT2D eigenvalue weighted by molar-refractivity contribution is 5.74. The molecule has 0 aromatic heterocycles. The zero-order valence-corrected chi connectivity index (χ0v) is 18.2. The van der Waals surface area contributed by atoms with E-state index >= 15 is 0 Å².